The molecule has 2 aromatic rings. The first-order chi connectivity index (χ1) is 10.9. The third-order valence-electron chi connectivity index (χ3n) is 2.90. The predicted octanol–water partition coefficient (Wildman–Crippen LogP) is 2.80. The van der Waals surface area contributed by atoms with Crippen LogP contribution >= 0.6 is 0 Å². The Bertz CT molecular complexity index is 688. The van der Waals surface area contributed by atoms with Gasteiger partial charge in [-0.15, -0.1) is 0 Å². The third-order valence-corrected chi connectivity index (χ3v) is 2.90. The van der Waals surface area contributed by atoms with Crippen molar-refractivity contribution >= 4 is 5.97 Å². The summed E-state index contributed by atoms with van der Waals surface area (Å²) in [7, 11) is 0. The first-order valence-corrected chi connectivity index (χ1v) is 6.94. The molecule has 1 heterocycles. The predicted molar refractivity (Wildman–Crippen MR) is 74.4 cm³/mol. The molecule has 2 rings (SSSR count). The highest BCUT2D eigenvalue weighted by Gasteiger charge is 2.27. The molecule has 0 unspecified atom stereocenters. The minimum Gasteiger partial charge on any atom is -0.475 e. The van der Waals surface area contributed by atoms with Crippen molar-refractivity contribution < 1.29 is 27.6 Å². The first kappa shape index (κ1) is 16.9. The van der Waals surface area contributed by atoms with Crippen molar-refractivity contribution in [3.63, 3.8) is 0 Å². The van der Waals surface area contributed by atoms with Gasteiger partial charge in [0, 0.05) is 18.9 Å². The number of carbonyl (C=O) groups excluding carboxylic acids is 1. The molecule has 23 heavy (non-hydrogen) atoms. The van der Waals surface area contributed by atoms with Crippen LogP contribution in [0.25, 0.3) is 0 Å². The van der Waals surface area contributed by atoms with Crippen molar-refractivity contribution in [1.82, 2.24) is 10.1 Å². The lowest BCUT2D eigenvalue weighted by Crippen LogP contribution is -2.34. The van der Waals surface area contributed by atoms with Gasteiger partial charge in [-0.05, 0) is 12.1 Å². The van der Waals surface area contributed by atoms with Gasteiger partial charge >= 0.3 is 5.97 Å². The average Bonchev–Trinajstić information content (AvgIpc) is 2.89. The fourth-order valence-electron chi connectivity index (χ4n) is 1.78. The number of nitrogens with zero attached hydrogens (tertiary/aromatic N) is 2. The smallest absolute Gasteiger partial charge is 0.348 e. The van der Waals surface area contributed by atoms with Crippen LogP contribution in [-0.4, -0.2) is 22.2 Å². The minimum atomic E-state index is -1.05. The monoisotopic (exact) mass is 326 g/mol. The van der Waals surface area contributed by atoms with Gasteiger partial charge in [0.25, 0.3) is 0 Å². The molecule has 0 bridgehead atoms. The quantitative estimate of drug-likeness (QED) is 0.760. The van der Waals surface area contributed by atoms with Gasteiger partial charge in [0.15, 0.2) is 24.3 Å². The van der Waals surface area contributed by atoms with Gasteiger partial charge in [0.2, 0.25) is 11.7 Å². The summed E-state index contributed by atoms with van der Waals surface area (Å²) in [5.41, 5.74) is 0. The Kier molecular flexibility index (Phi) is 5.25. The van der Waals surface area contributed by atoms with Gasteiger partial charge in [-0.2, -0.15) is 4.98 Å². The molecule has 0 fully saturated rings. The lowest BCUT2D eigenvalue weighted by Gasteiger charge is -2.21. The zero-order valence-electron chi connectivity index (χ0n) is 12.9. The largest absolute Gasteiger partial charge is 0.475 e. The Hall–Kier alpha value is -2.51. The fraction of sp³-hybridized carbons (Fsp3) is 0.400. The number of hydrogen-bond donors (Lipinski definition) is 0. The van der Waals surface area contributed by atoms with Crippen molar-refractivity contribution in [2.24, 2.45) is 5.92 Å². The highest BCUT2D eigenvalue weighted by molar-refractivity contribution is 5.75. The van der Waals surface area contributed by atoms with Crippen LogP contribution < -0.4 is 4.74 Å². The van der Waals surface area contributed by atoms with Gasteiger partial charge in [-0.1, -0.05) is 19.0 Å². The number of aryl methyl sites for hydroxylation is 1. The molecule has 1 aromatic carbocycles. The summed E-state index contributed by atoms with van der Waals surface area (Å²) >= 11 is 0. The molecule has 0 radical (unpaired) electrons. The summed E-state index contributed by atoms with van der Waals surface area (Å²) < 4.78 is 41.7. The number of esters is 1. The molecule has 124 valence electrons. The van der Waals surface area contributed by atoms with Crippen LogP contribution in [0.1, 0.15) is 25.6 Å². The van der Waals surface area contributed by atoms with E-state index in [4.69, 9.17) is 14.0 Å². The van der Waals surface area contributed by atoms with Crippen LogP contribution in [-0.2, 0) is 16.1 Å². The van der Waals surface area contributed by atoms with E-state index in [1.54, 1.807) is 20.8 Å². The molecule has 8 heteroatoms. The SMILES string of the molecule is Cc1nc(COC(=O)[C@H](Oc2ccc(F)cc2F)C(C)C)no1. The number of rotatable bonds is 6. The van der Waals surface area contributed by atoms with Crippen LogP contribution in [0, 0.1) is 24.5 Å². The highest BCUT2D eigenvalue weighted by atomic mass is 19.1. The fourth-order valence-corrected chi connectivity index (χ4v) is 1.78. The topological polar surface area (TPSA) is 74.5 Å². The Morgan fingerprint density at radius 2 is 2.09 bits per heavy atom. The van der Waals surface area contributed by atoms with E-state index in [9.17, 15) is 13.6 Å². The number of hydrogen-bond acceptors (Lipinski definition) is 6. The summed E-state index contributed by atoms with van der Waals surface area (Å²) in [4.78, 5) is 16.0. The summed E-state index contributed by atoms with van der Waals surface area (Å²) in [6, 6.07) is 2.85. The van der Waals surface area contributed by atoms with Crippen molar-refractivity contribution in [2.45, 2.75) is 33.5 Å². The van der Waals surface area contributed by atoms with Gasteiger partial charge in [0.05, 0.1) is 0 Å². The lowest BCUT2D eigenvalue weighted by molar-refractivity contribution is -0.155. The van der Waals surface area contributed by atoms with Gasteiger partial charge in [-0.3, -0.25) is 0 Å². The second kappa shape index (κ2) is 7.17. The normalized spacial score (nSPS) is 12.3. The zero-order valence-corrected chi connectivity index (χ0v) is 12.9. The average molecular weight is 326 g/mol. The maximum absolute atomic E-state index is 13.6. The van der Waals surface area contributed by atoms with E-state index in [-0.39, 0.29) is 24.1 Å². The second-order valence-corrected chi connectivity index (χ2v) is 5.19. The van der Waals surface area contributed by atoms with E-state index >= 15 is 0 Å². The molecule has 0 aliphatic rings. The van der Waals surface area contributed by atoms with Gasteiger partial charge < -0.3 is 14.0 Å². The van der Waals surface area contributed by atoms with E-state index in [0.717, 1.165) is 12.1 Å². The van der Waals surface area contributed by atoms with E-state index in [1.807, 2.05) is 0 Å². The van der Waals surface area contributed by atoms with E-state index in [2.05, 4.69) is 10.1 Å². The number of halogens is 2. The number of ether oxygens (including phenoxy) is 2. The maximum atomic E-state index is 13.6. The third kappa shape index (κ3) is 4.48. The molecule has 1 atom stereocenters. The van der Waals surface area contributed by atoms with Crippen LogP contribution in [0.5, 0.6) is 5.75 Å². The van der Waals surface area contributed by atoms with Crippen LogP contribution in [0.2, 0.25) is 0 Å². The number of aromatic nitrogens is 2. The molecule has 0 aliphatic carbocycles. The van der Waals surface area contributed by atoms with Crippen molar-refractivity contribution in [2.75, 3.05) is 0 Å². The van der Waals surface area contributed by atoms with E-state index < -0.39 is 23.7 Å². The van der Waals surface area contributed by atoms with Crippen LogP contribution in [0.15, 0.2) is 22.7 Å². The molecule has 0 aliphatic heterocycles. The van der Waals surface area contributed by atoms with Gasteiger partial charge in [0.1, 0.15) is 5.82 Å². The highest BCUT2D eigenvalue weighted by Crippen LogP contribution is 2.22. The standard InChI is InChI=1S/C15H16F2N2O4/c1-8(2)14(22-12-5-4-10(16)6-11(12)17)15(20)21-7-13-18-9(3)23-19-13/h4-6,8,14H,7H2,1-3H3/t14-/m1/s1. The molecule has 6 nitrogen and oxygen atoms in total. The number of benzene rings is 1. The summed E-state index contributed by atoms with van der Waals surface area (Å²) in [5, 5.41) is 3.59. The number of carbonyl (C=O) groups is 1. The molecule has 0 N–H and O–H groups in total. The molecular formula is C15H16F2N2O4. The molecule has 1 aromatic heterocycles. The Balaban J connectivity index is 2.03. The Morgan fingerprint density at radius 3 is 2.65 bits per heavy atom. The molecule has 0 saturated carbocycles. The minimum absolute atomic E-state index is 0.186. The van der Waals surface area contributed by atoms with Crippen LogP contribution in [0.4, 0.5) is 8.78 Å². The summed E-state index contributed by atoms with van der Waals surface area (Å²) in [6.07, 6.45) is -1.05. The van der Waals surface area contributed by atoms with Crippen molar-refractivity contribution in [3.05, 3.63) is 41.5 Å². The van der Waals surface area contributed by atoms with E-state index in [1.165, 1.54) is 0 Å². The zero-order chi connectivity index (χ0) is 17.0. The first-order valence-electron chi connectivity index (χ1n) is 6.94. The van der Waals surface area contributed by atoms with Crippen LogP contribution in [0.3, 0.4) is 0 Å². The molecular weight excluding hydrogens is 310 g/mol. The van der Waals surface area contributed by atoms with Gasteiger partial charge in [-0.25, -0.2) is 13.6 Å². The summed E-state index contributed by atoms with van der Waals surface area (Å²) in [5.74, 6) is -2.28. The van der Waals surface area contributed by atoms with Crippen molar-refractivity contribution in [3.8, 4) is 5.75 Å². The summed E-state index contributed by atoms with van der Waals surface area (Å²) in [6.45, 7) is 4.85. The maximum Gasteiger partial charge on any atom is 0.348 e. The second-order valence-electron chi connectivity index (χ2n) is 5.19. The molecule has 0 amide bonds. The Labute approximate surface area is 131 Å². The molecule has 0 saturated heterocycles. The van der Waals surface area contributed by atoms with E-state index in [0.29, 0.717) is 12.0 Å². The lowest BCUT2D eigenvalue weighted by atomic mass is 10.1. The Morgan fingerprint density at radius 1 is 1.35 bits per heavy atom. The molecule has 0 spiro atoms. The van der Waals surface area contributed by atoms with Crippen molar-refractivity contribution in [1.29, 1.82) is 0 Å².